The number of para-hydroxylation sites is 2. The predicted molar refractivity (Wildman–Crippen MR) is 103 cm³/mol. The Morgan fingerprint density at radius 2 is 1.81 bits per heavy atom. The zero-order chi connectivity index (χ0) is 19.0. The van der Waals surface area contributed by atoms with E-state index in [4.69, 9.17) is 10.7 Å². The molecule has 2 aliphatic heterocycles. The molecule has 2 aliphatic rings. The van der Waals surface area contributed by atoms with Gasteiger partial charge in [-0.05, 0) is 37.8 Å². The van der Waals surface area contributed by atoms with Gasteiger partial charge in [0.1, 0.15) is 5.82 Å². The topological polar surface area (TPSA) is 84.5 Å². The highest BCUT2D eigenvalue weighted by atomic mass is 16.2. The summed E-state index contributed by atoms with van der Waals surface area (Å²) in [5, 5.41) is 0. The fourth-order valence-corrected chi connectivity index (χ4v) is 4.52. The summed E-state index contributed by atoms with van der Waals surface area (Å²) in [6.45, 7) is 2.62. The molecule has 2 aromatic rings. The van der Waals surface area contributed by atoms with Gasteiger partial charge in [-0.1, -0.05) is 12.1 Å². The molecular formula is C20H27N5O2. The minimum atomic E-state index is -0.423. The fourth-order valence-electron chi connectivity index (χ4n) is 4.52. The number of imidazole rings is 1. The van der Waals surface area contributed by atoms with Crippen molar-refractivity contribution >= 4 is 23.0 Å². The largest absolute Gasteiger partial charge is 0.351 e. The van der Waals surface area contributed by atoms with Crippen LogP contribution in [0.4, 0.5) is 4.79 Å². The van der Waals surface area contributed by atoms with Crippen molar-refractivity contribution < 1.29 is 9.59 Å². The van der Waals surface area contributed by atoms with Crippen molar-refractivity contribution in [3.63, 3.8) is 0 Å². The minimum absolute atomic E-state index is 0.112. The summed E-state index contributed by atoms with van der Waals surface area (Å²) >= 11 is 0. The molecular weight excluding hydrogens is 342 g/mol. The van der Waals surface area contributed by atoms with Crippen LogP contribution >= 0.6 is 0 Å². The second-order valence-electron chi connectivity index (χ2n) is 7.74. The van der Waals surface area contributed by atoms with Gasteiger partial charge in [0.15, 0.2) is 0 Å². The quantitative estimate of drug-likeness (QED) is 0.879. The van der Waals surface area contributed by atoms with E-state index in [2.05, 4.69) is 17.7 Å². The Labute approximate surface area is 159 Å². The van der Waals surface area contributed by atoms with E-state index in [0.29, 0.717) is 19.0 Å². The van der Waals surface area contributed by atoms with Crippen LogP contribution in [-0.4, -0.2) is 57.5 Å². The van der Waals surface area contributed by atoms with Gasteiger partial charge in [0, 0.05) is 39.1 Å². The number of carbonyl (C=O) groups is 2. The molecule has 3 amide bonds. The van der Waals surface area contributed by atoms with E-state index in [-0.39, 0.29) is 11.8 Å². The van der Waals surface area contributed by atoms with Gasteiger partial charge in [-0.2, -0.15) is 0 Å². The van der Waals surface area contributed by atoms with Crippen LogP contribution in [0.15, 0.2) is 24.3 Å². The standard InChI is InChI=1S/C20H27N5O2/c1-23-17-7-3-2-6-16(17)22-18(23)14-8-11-24(12-9-14)19(26)15-5-4-10-25(13-15)20(21)27/h2-3,6-7,14-15H,4-5,8-13H2,1H3,(H2,21,27). The molecule has 0 radical (unpaired) electrons. The lowest BCUT2D eigenvalue weighted by atomic mass is 9.92. The molecule has 0 saturated carbocycles. The Morgan fingerprint density at radius 3 is 2.52 bits per heavy atom. The molecule has 27 heavy (non-hydrogen) atoms. The van der Waals surface area contributed by atoms with Gasteiger partial charge in [-0.3, -0.25) is 4.79 Å². The van der Waals surface area contributed by atoms with Gasteiger partial charge in [0.05, 0.1) is 17.0 Å². The van der Waals surface area contributed by atoms with Gasteiger partial charge in [-0.25, -0.2) is 9.78 Å². The third-order valence-corrected chi connectivity index (χ3v) is 6.08. The average Bonchev–Trinajstić information content (AvgIpc) is 3.04. The van der Waals surface area contributed by atoms with E-state index in [1.165, 1.54) is 0 Å². The van der Waals surface area contributed by atoms with Crippen LogP contribution in [0.25, 0.3) is 11.0 Å². The highest BCUT2D eigenvalue weighted by molar-refractivity contribution is 5.81. The lowest BCUT2D eigenvalue weighted by molar-refractivity contribution is -0.138. The Bertz CT molecular complexity index is 853. The Morgan fingerprint density at radius 1 is 1.07 bits per heavy atom. The molecule has 0 spiro atoms. The predicted octanol–water partition coefficient (Wildman–Crippen LogP) is 2.07. The number of urea groups is 1. The first kappa shape index (κ1) is 17.8. The zero-order valence-electron chi connectivity index (χ0n) is 15.8. The first-order valence-electron chi connectivity index (χ1n) is 9.79. The average molecular weight is 369 g/mol. The number of fused-ring (bicyclic) bond motifs is 1. The van der Waals surface area contributed by atoms with Crippen LogP contribution < -0.4 is 5.73 Å². The molecule has 0 aliphatic carbocycles. The number of aromatic nitrogens is 2. The van der Waals surface area contributed by atoms with Crippen molar-refractivity contribution in [2.45, 2.75) is 31.6 Å². The maximum absolute atomic E-state index is 12.9. The van der Waals surface area contributed by atoms with Crippen molar-refractivity contribution in [3.05, 3.63) is 30.1 Å². The van der Waals surface area contributed by atoms with Crippen LogP contribution in [0.2, 0.25) is 0 Å². The van der Waals surface area contributed by atoms with Gasteiger partial charge in [0.2, 0.25) is 5.91 Å². The molecule has 4 rings (SSSR count). The number of carbonyl (C=O) groups excluding carboxylic acids is 2. The summed E-state index contributed by atoms with van der Waals surface area (Å²) in [7, 11) is 2.07. The van der Waals surface area contributed by atoms with Crippen LogP contribution in [0.1, 0.15) is 37.4 Å². The lowest BCUT2D eigenvalue weighted by Gasteiger charge is -2.37. The van der Waals surface area contributed by atoms with Gasteiger partial charge >= 0.3 is 6.03 Å². The van der Waals surface area contributed by atoms with Crippen molar-refractivity contribution in [2.75, 3.05) is 26.2 Å². The Hall–Kier alpha value is -2.57. The third-order valence-electron chi connectivity index (χ3n) is 6.08. The summed E-state index contributed by atoms with van der Waals surface area (Å²) in [6, 6.07) is 7.77. The summed E-state index contributed by atoms with van der Waals surface area (Å²) in [5.74, 6) is 1.55. The monoisotopic (exact) mass is 369 g/mol. The number of nitrogens with zero attached hydrogens (tertiary/aromatic N) is 4. The number of nitrogens with two attached hydrogens (primary N) is 1. The number of piperidine rings is 2. The molecule has 144 valence electrons. The van der Waals surface area contributed by atoms with Gasteiger partial charge in [-0.15, -0.1) is 0 Å². The van der Waals surface area contributed by atoms with Gasteiger partial charge < -0.3 is 20.1 Å². The molecule has 1 aromatic carbocycles. The molecule has 1 aromatic heterocycles. The summed E-state index contributed by atoms with van der Waals surface area (Å²) in [5.41, 5.74) is 7.57. The SMILES string of the molecule is Cn1c(C2CCN(C(=O)C3CCCN(C(N)=O)C3)CC2)nc2ccccc21. The molecule has 7 nitrogen and oxygen atoms in total. The number of amides is 3. The second-order valence-corrected chi connectivity index (χ2v) is 7.74. The van der Waals surface area contributed by atoms with E-state index >= 15 is 0 Å². The van der Waals surface area contributed by atoms with Gasteiger partial charge in [0.25, 0.3) is 0 Å². The number of likely N-dealkylation sites (tertiary alicyclic amines) is 2. The third kappa shape index (κ3) is 3.38. The molecule has 2 fully saturated rings. The highest BCUT2D eigenvalue weighted by Crippen LogP contribution is 2.30. The summed E-state index contributed by atoms with van der Waals surface area (Å²) in [6.07, 6.45) is 3.53. The number of primary amides is 1. The molecule has 3 heterocycles. The summed E-state index contributed by atoms with van der Waals surface area (Å²) < 4.78 is 2.18. The van der Waals surface area contributed by atoms with E-state index < -0.39 is 6.03 Å². The molecule has 2 N–H and O–H groups in total. The molecule has 2 saturated heterocycles. The van der Waals surface area contributed by atoms with Crippen molar-refractivity contribution in [3.8, 4) is 0 Å². The first-order valence-corrected chi connectivity index (χ1v) is 9.79. The van der Waals surface area contributed by atoms with Crippen LogP contribution in [-0.2, 0) is 11.8 Å². The number of rotatable bonds is 2. The van der Waals surface area contributed by atoms with E-state index in [0.717, 1.165) is 55.6 Å². The first-order chi connectivity index (χ1) is 13.0. The van der Waals surface area contributed by atoms with Crippen LogP contribution in [0.3, 0.4) is 0 Å². The number of hydrogen-bond acceptors (Lipinski definition) is 3. The maximum Gasteiger partial charge on any atom is 0.314 e. The van der Waals surface area contributed by atoms with E-state index in [1.54, 1.807) is 4.90 Å². The van der Waals surface area contributed by atoms with Crippen LogP contribution in [0, 0.1) is 5.92 Å². The lowest BCUT2D eigenvalue weighted by Crippen LogP contribution is -2.49. The normalized spacial score (nSPS) is 21.6. The number of hydrogen-bond donors (Lipinski definition) is 1. The van der Waals surface area contributed by atoms with E-state index in [9.17, 15) is 9.59 Å². The smallest absolute Gasteiger partial charge is 0.314 e. The van der Waals surface area contributed by atoms with Crippen molar-refractivity contribution in [2.24, 2.45) is 18.7 Å². The molecule has 0 bridgehead atoms. The van der Waals surface area contributed by atoms with Crippen LogP contribution in [0.5, 0.6) is 0 Å². The Balaban J connectivity index is 1.40. The molecule has 1 atom stereocenters. The maximum atomic E-state index is 12.9. The summed E-state index contributed by atoms with van der Waals surface area (Å²) in [4.78, 5) is 32.7. The highest BCUT2D eigenvalue weighted by Gasteiger charge is 2.33. The molecule has 1 unspecified atom stereocenters. The van der Waals surface area contributed by atoms with Crippen molar-refractivity contribution in [1.82, 2.24) is 19.4 Å². The number of benzene rings is 1. The zero-order valence-corrected chi connectivity index (χ0v) is 15.8. The number of aryl methyl sites for hydroxylation is 1. The van der Waals surface area contributed by atoms with E-state index in [1.807, 2.05) is 23.1 Å². The molecule has 7 heteroatoms. The van der Waals surface area contributed by atoms with Crippen molar-refractivity contribution in [1.29, 1.82) is 0 Å². The Kier molecular flexibility index (Phi) is 4.76. The minimum Gasteiger partial charge on any atom is -0.351 e. The fraction of sp³-hybridized carbons (Fsp3) is 0.550. The second kappa shape index (κ2) is 7.21.